The highest BCUT2D eigenvalue weighted by Crippen LogP contribution is 2.43. The maximum atomic E-state index is 14.4. The second kappa shape index (κ2) is 36.1. The molecule has 3 aromatic carbocycles. The quantitative estimate of drug-likeness (QED) is 0.0509. The molecule has 4 heterocycles. The molecule has 494 valence electrons. The molecule has 0 aromatic heterocycles. The van der Waals surface area contributed by atoms with E-state index >= 15 is 0 Å². The number of aliphatic hydroxyl groups is 1. The Labute approximate surface area is 534 Å². The minimum absolute atomic E-state index is 0. The number of hydrogen-bond acceptors (Lipinski definition) is 18. The lowest BCUT2D eigenvalue weighted by Gasteiger charge is -2.31. The second-order valence-electron chi connectivity index (χ2n) is 22.6. The lowest BCUT2D eigenvalue weighted by atomic mass is 9.88. The van der Waals surface area contributed by atoms with E-state index in [1.165, 1.54) is 31.3 Å². The number of carbonyl (C=O) groups is 7. The lowest BCUT2D eigenvalue weighted by molar-refractivity contribution is -0.133. The number of aliphatic hydroxyl groups excluding tert-OH is 1. The summed E-state index contributed by atoms with van der Waals surface area (Å²) in [4.78, 5) is 102. The van der Waals surface area contributed by atoms with E-state index in [-0.39, 0.29) is 118 Å². The number of benzene rings is 3. The van der Waals surface area contributed by atoms with Gasteiger partial charge in [0.2, 0.25) is 5.91 Å². The molecule has 5 atom stereocenters. The summed E-state index contributed by atoms with van der Waals surface area (Å²) >= 11 is 0. The van der Waals surface area contributed by atoms with Crippen molar-refractivity contribution in [3.63, 3.8) is 0 Å². The zero-order valence-corrected chi connectivity index (χ0v) is 53.0. The van der Waals surface area contributed by atoms with Crippen LogP contribution < -0.4 is 29.2 Å². The largest absolute Gasteiger partial charge is 0.493 e. The number of nitrogens with zero attached hydrogens (tertiary/aromatic N) is 4. The van der Waals surface area contributed by atoms with Gasteiger partial charge in [-0.3, -0.25) is 33.8 Å². The topological polar surface area (TPSA) is 257 Å². The smallest absolute Gasteiger partial charge is 0.416 e. The molecule has 7 rings (SSSR count). The van der Waals surface area contributed by atoms with E-state index in [1.807, 2.05) is 65.1 Å². The number of nitrogens with one attached hydrogen (secondary N) is 1. The molecule has 2 N–H and O–H groups in total. The molecule has 91 heavy (non-hydrogen) atoms. The molecule has 0 aliphatic carbocycles. The minimum Gasteiger partial charge on any atom is -0.493 e. The average Bonchev–Trinajstić information content (AvgIpc) is 1.65. The van der Waals surface area contributed by atoms with Crippen LogP contribution in [0.2, 0.25) is 0 Å². The number of amides is 4. The Balaban J connectivity index is 0.0000132. The Kier molecular flexibility index (Phi) is 28.6. The maximum Gasteiger partial charge on any atom is 0.416 e. The first-order chi connectivity index (χ1) is 43.5. The zero-order chi connectivity index (χ0) is 64.7. The average molecular weight is 1260 g/mol. The van der Waals surface area contributed by atoms with Crippen LogP contribution in [0.25, 0.3) is 0 Å². The van der Waals surface area contributed by atoms with E-state index in [0.717, 1.165) is 16.0 Å². The minimum atomic E-state index is -1.56. The molecular weight excluding hydrogens is 1170 g/mol. The number of rotatable bonds is 37. The Morgan fingerprint density at radius 3 is 1.87 bits per heavy atom. The van der Waals surface area contributed by atoms with Crippen molar-refractivity contribution in [2.45, 2.75) is 138 Å². The van der Waals surface area contributed by atoms with Crippen LogP contribution in [0.1, 0.15) is 132 Å². The molecule has 0 fully saturated rings. The lowest BCUT2D eigenvalue weighted by Crippen LogP contribution is -2.50. The fraction of sp³-hybridized carbons (Fsp3) is 0.507. The Bertz CT molecular complexity index is 3150. The summed E-state index contributed by atoms with van der Waals surface area (Å²) in [6.07, 6.45) is 13.5. The van der Waals surface area contributed by atoms with Crippen molar-refractivity contribution in [3.05, 3.63) is 119 Å². The molecular formula is C69H91N5O17. The van der Waals surface area contributed by atoms with Gasteiger partial charge in [-0.15, -0.1) is 0 Å². The van der Waals surface area contributed by atoms with E-state index in [2.05, 4.69) is 10.3 Å². The number of allylic oxidation sites excluding steroid dienone is 4. The van der Waals surface area contributed by atoms with Gasteiger partial charge in [-0.25, -0.2) is 9.69 Å². The first kappa shape index (κ1) is 72.0. The predicted octanol–water partition coefficient (Wildman–Crippen LogP) is 9.79. The van der Waals surface area contributed by atoms with Crippen LogP contribution in [0.15, 0.2) is 101 Å². The summed E-state index contributed by atoms with van der Waals surface area (Å²) in [5.41, 5.74) is 3.96. The molecule has 0 saturated carbocycles. The van der Waals surface area contributed by atoms with Gasteiger partial charge in [0.1, 0.15) is 18.2 Å². The maximum absolute atomic E-state index is 14.4. The van der Waals surface area contributed by atoms with Crippen LogP contribution in [0, 0.1) is 11.8 Å². The summed E-state index contributed by atoms with van der Waals surface area (Å²) in [5.74, 6) is -0.908. The van der Waals surface area contributed by atoms with Gasteiger partial charge in [0.15, 0.2) is 35.0 Å². The van der Waals surface area contributed by atoms with Crippen molar-refractivity contribution < 1.29 is 81.3 Å². The molecule has 0 unspecified atom stereocenters. The summed E-state index contributed by atoms with van der Waals surface area (Å²) in [6, 6.07) is 11.2. The van der Waals surface area contributed by atoms with Gasteiger partial charge in [-0.05, 0) is 80.4 Å². The molecule has 0 spiro atoms. The standard InChI is InChI=1S/C68H87N5O17.CH4/c1-9-14-48-32-50-40-69-56-38-62(60(82-7)36-54(56)65(78)71(50)41-48)88-23-13-24-89-63-39-57-55(37-61(63)83-8)66(79)72-42-49(15-10-2)33-58(72)67(80)73(57)68(81)90-43-47-19-17-46(18-20-47)34-59(76)45(6)70-64(77)53(44(4)5)35-52(75)21-25-85-27-29-87-31-30-86-28-26-84-22-12-16-51(74)11-3;/h9-10,14-15,17-20,36-42,44-45,50,53,58,67,80H,11-13,16,21-35,43H2,1-8H3,(H,70,77);1H4/b14-9+,15-10+;/t45-,50-,53-,58-,67-;/m0./s1. The van der Waals surface area contributed by atoms with Crippen molar-refractivity contribution in [1.29, 1.82) is 0 Å². The van der Waals surface area contributed by atoms with Gasteiger partial charge < -0.3 is 62.9 Å². The van der Waals surface area contributed by atoms with Crippen molar-refractivity contribution in [2.24, 2.45) is 16.8 Å². The molecule has 0 saturated heterocycles. The number of fused-ring (bicyclic) bond motifs is 4. The van der Waals surface area contributed by atoms with Crippen LogP contribution in [-0.2, 0) is 55.9 Å². The number of methoxy groups -OCH3 is 2. The Morgan fingerprint density at radius 2 is 1.25 bits per heavy atom. The number of anilines is 1. The van der Waals surface area contributed by atoms with Crippen molar-refractivity contribution in [3.8, 4) is 23.0 Å². The summed E-state index contributed by atoms with van der Waals surface area (Å²) < 4.78 is 51.7. The third-order valence-electron chi connectivity index (χ3n) is 15.7. The van der Waals surface area contributed by atoms with Crippen LogP contribution in [-0.4, -0.2) is 167 Å². The van der Waals surface area contributed by atoms with Gasteiger partial charge in [0, 0.05) is 81.8 Å². The van der Waals surface area contributed by atoms with Crippen LogP contribution in [0.3, 0.4) is 0 Å². The van der Waals surface area contributed by atoms with Gasteiger partial charge in [-0.1, -0.05) is 76.8 Å². The highest BCUT2D eigenvalue weighted by Gasteiger charge is 2.45. The fourth-order valence-corrected chi connectivity index (χ4v) is 10.7. The van der Waals surface area contributed by atoms with E-state index < -0.39 is 42.1 Å². The monoisotopic (exact) mass is 1260 g/mol. The number of Topliss-reactive ketones (excluding diaryl/α,β-unsaturated/α-hetero) is 3. The summed E-state index contributed by atoms with van der Waals surface area (Å²) in [7, 11) is 2.92. The second-order valence-corrected chi connectivity index (χ2v) is 22.6. The van der Waals surface area contributed by atoms with Crippen LogP contribution >= 0.6 is 0 Å². The normalized spacial score (nSPS) is 17.3. The Hall–Kier alpha value is -8.02. The van der Waals surface area contributed by atoms with E-state index in [0.29, 0.717) is 112 Å². The van der Waals surface area contributed by atoms with Crippen molar-refractivity contribution in [1.82, 2.24) is 15.1 Å². The third-order valence-corrected chi connectivity index (χ3v) is 15.7. The van der Waals surface area contributed by atoms with Crippen LogP contribution in [0.4, 0.5) is 16.2 Å². The number of aliphatic imine (C=N–C) groups is 1. The fourth-order valence-electron chi connectivity index (χ4n) is 10.7. The molecule has 22 nitrogen and oxygen atoms in total. The molecule has 0 radical (unpaired) electrons. The third kappa shape index (κ3) is 20.0. The molecule has 4 amide bonds. The SMILES string of the molecule is C.C/C=C/C1=CN2C(=O)c3cc(OC)c(OCCCOc4cc5c(cc4OC)C(=O)N4C=C(/C=C/C)C[C@H]4[C@H](O)N5C(=O)OCc4ccc(CC(=O)[C@H](C)NC(=O)[C@@H](CC(=O)CCOCCOCCOCCOCCCC(=O)CC)C(C)C)cc4)cc3N=C[C@@H]2C1. The first-order valence-electron chi connectivity index (χ1n) is 30.9. The number of ether oxygens (including phenoxy) is 9. The number of carbonyl (C=O) groups excluding carboxylic acids is 7. The highest BCUT2D eigenvalue weighted by atomic mass is 16.6. The molecule has 0 bridgehead atoms. The van der Waals surface area contributed by atoms with Gasteiger partial charge in [-0.2, -0.15) is 0 Å². The van der Waals surface area contributed by atoms with E-state index in [1.54, 1.807) is 60.6 Å². The number of ketones is 3. The van der Waals surface area contributed by atoms with Gasteiger partial charge in [0.25, 0.3) is 11.8 Å². The van der Waals surface area contributed by atoms with Crippen LogP contribution in [0.5, 0.6) is 23.0 Å². The molecule has 4 aliphatic heterocycles. The van der Waals surface area contributed by atoms with E-state index in [4.69, 9.17) is 42.6 Å². The number of hydrogen-bond donors (Lipinski definition) is 2. The predicted molar refractivity (Wildman–Crippen MR) is 343 cm³/mol. The zero-order valence-electron chi connectivity index (χ0n) is 53.0. The molecule has 4 aliphatic rings. The van der Waals surface area contributed by atoms with E-state index in [9.17, 15) is 38.7 Å². The summed E-state index contributed by atoms with van der Waals surface area (Å²) in [6.45, 7) is 13.9. The molecule has 22 heteroatoms. The first-order valence-corrected chi connectivity index (χ1v) is 30.9. The van der Waals surface area contributed by atoms with Gasteiger partial charge in [0.05, 0.1) is 114 Å². The summed E-state index contributed by atoms with van der Waals surface area (Å²) in [5, 5.41) is 14.9. The van der Waals surface area contributed by atoms with Crippen molar-refractivity contribution >= 4 is 58.8 Å². The van der Waals surface area contributed by atoms with Gasteiger partial charge >= 0.3 is 6.09 Å². The Morgan fingerprint density at radius 1 is 0.681 bits per heavy atom. The molecule has 3 aromatic rings. The van der Waals surface area contributed by atoms with Crippen molar-refractivity contribution in [2.75, 3.05) is 85.2 Å². The highest BCUT2D eigenvalue weighted by molar-refractivity contribution is 6.07.